The van der Waals surface area contributed by atoms with Gasteiger partial charge in [-0.1, -0.05) is 6.92 Å². The molecule has 0 unspecified atom stereocenters. The zero-order chi connectivity index (χ0) is 13.1. The van der Waals surface area contributed by atoms with Gasteiger partial charge in [0.15, 0.2) is 5.95 Å². The van der Waals surface area contributed by atoms with E-state index in [-0.39, 0.29) is 23.4 Å². The molecule has 1 aromatic heterocycles. The number of hydrogen-bond donors (Lipinski definition) is 3. The van der Waals surface area contributed by atoms with E-state index in [0.717, 1.165) is 5.56 Å². The number of aryl methyl sites for hydroxylation is 1. The van der Waals surface area contributed by atoms with Gasteiger partial charge >= 0.3 is 0 Å². The molecule has 5 nitrogen and oxygen atoms in total. The van der Waals surface area contributed by atoms with Crippen LogP contribution in [0.1, 0.15) is 23.0 Å². The average Bonchev–Trinajstić information content (AvgIpc) is 2.78. The molecule has 1 heterocycles. The van der Waals surface area contributed by atoms with Gasteiger partial charge in [0.05, 0.1) is 6.20 Å². The molecular weight excluding hydrogens is 235 g/mol. The first-order valence-corrected chi connectivity index (χ1v) is 5.50. The summed E-state index contributed by atoms with van der Waals surface area (Å²) in [6, 6.07) is 4.23. The molecule has 0 aliphatic heterocycles. The topological polar surface area (TPSA) is 83.8 Å². The third-order valence-electron chi connectivity index (χ3n) is 2.54. The maximum absolute atomic E-state index is 13.1. The van der Waals surface area contributed by atoms with Crippen LogP contribution >= 0.6 is 0 Å². The molecule has 0 fully saturated rings. The van der Waals surface area contributed by atoms with Gasteiger partial charge in [0.1, 0.15) is 11.5 Å². The number of carbonyl (C=O) groups is 1. The lowest BCUT2D eigenvalue weighted by atomic mass is 10.1. The number of halogens is 1. The fraction of sp³-hybridized carbons (Fsp3) is 0.167. The van der Waals surface area contributed by atoms with Crippen molar-refractivity contribution in [3.8, 4) is 0 Å². The van der Waals surface area contributed by atoms with Gasteiger partial charge in [-0.2, -0.15) is 0 Å². The number of rotatable bonds is 3. The summed E-state index contributed by atoms with van der Waals surface area (Å²) in [6.45, 7) is 1.89. The van der Waals surface area contributed by atoms with Gasteiger partial charge < -0.3 is 16.0 Å². The Bertz CT molecular complexity index is 579. The van der Waals surface area contributed by atoms with Crippen LogP contribution in [0.2, 0.25) is 0 Å². The number of benzene rings is 1. The molecule has 4 N–H and O–H groups in total. The molecule has 6 heteroatoms. The number of anilines is 2. The number of aromatic nitrogens is 2. The minimum absolute atomic E-state index is 0.176. The predicted molar refractivity (Wildman–Crippen MR) is 66.7 cm³/mol. The van der Waals surface area contributed by atoms with E-state index in [1.807, 2.05) is 6.92 Å². The number of nitrogen functional groups attached to an aromatic ring is 1. The number of amides is 1. The van der Waals surface area contributed by atoms with E-state index in [1.54, 1.807) is 0 Å². The van der Waals surface area contributed by atoms with Crippen LogP contribution in [0.15, 0.2) is 24.4 Å². The van der Waals surface area contributed by atoms with Gasteiger partial charge in [0, 0.05) is 5.69 Å². The van der Waals surface area contributed by atoms with Gasteiger partial charge in [-0.3, -0.25) is 4.79 Å². The molecule has 0 bridgehead atoms. The van der Waals surface area contributed by atoms with Crippen LogP contribution in [0.4, 0.5) is 16.0 Å². The van der Waals surface area contributed by atoms with Crippen LogP contribution in [0.3, 0.4) is 0 Å². The highest BCUT2D eigenvalue weighted by atomic mass is 19.1. The first-order chi connectivity index (χ1) is 8.60. The largest absolute Gasteiger partial charge is 0.369 e. The highest BCUT2D eigenvalue weighted by Crippen LogP contribution is 2.18. The Balaban J connectivity index is 2.21. The number of nitrogens with two attached hydrogens (primary N) is 1. The summed E-state index contributed by atoms with van der Waals surface area (Å²) in [7, 11) is 0. The van der Waals surface area contributed by atoms with E-state index < -0.39 is 0 Å². The summed E-state index contributed by atoms with van der Waals surface area (Å²) in [5, 5.41) is 2.69. The lowest BCUT2D eigenvalue weighted by Crippen LogP contribution is -2.13. The van der Waals surface area contributed by atoms with Crippen LogP contribution in [-0.2, 0) is 6.42 Å². The summed E-state index contributed by atoms with van der Waals surface area (Å²) < 4.78 is 13.1. The Morgan fingerprint density at radius 2 is 2.33 bits per heavy atom. The van der Waals surface area contributed by atoms with Crippen molar-refractivity contribution >= 4 is 17.5 Å². The third-order valence-corrected chi connectivity index (χ3v) is 2.54. The maximum Gasteiger partial charge on any atom is 0.273 e. The first kappa shape index (κ1) is 12.1. The van der Waals surface area contributed by atoms with E-state index in [1.165, 1.54) is 24.4 Å². The molecule has 94 valence electrons. The van der Waals surface area contributed by atoms with Crippen LogP contribution in [-0.4, -0.2) is 15.9 Å². The molecule has 2 rings (SSSR count). The highest BCUT2D eigenvalue weighted by molar-refractivity contribution is 6.03. The second-order valence-electron chi connectivity index (χ2n) is 3.79. The summed E-state index contributed by atoms with van der Waals surface area (Å²) in [4.78, 5) is 18.2. The molecule has 0 saturated carbocycles. The molecule has 18 heavy (non-hydrogen) atoms. The Morgan fingerprint density at radius 3 is 2.94 bits per heavy atom. The molecule has 0 aliphatic carbocycles. The summed E-state index contributed by atoms with van der Waals surface area (Å²) >= 11 is 0. The van der Waals surface area contributed by atoms with Crippen molar-refractivity contribution in [3.63, 3.8) is 0 Å². The summed E-state index contributed by atoms with van der Waals surface area (Å²) in [5.74, 6) is -0.508. The molecule has 0 aliphatic rings. The Kier molecular flexibility index (Phi) is 3.27. The number of nitrogens with one attached hydrogen (secondary N) is 2. The highest BCUT2D eigenvalue weighted by Gasteiger charge is 2.11. The van der Waals surface area contributed by atoms with Crippen LogP contribution in [0, 0.1) is 5.82 Å². The molecule has 1 amide bonds. The minimum atomic E-state index is -0.361. The van der Waals surface area contributed by atoms with E-state index >= 15 is 0 Å². The fourth-order valence-corrected chi connectivity index (χ4v) is 1.62. The number of hydrogen-bond acceptors (Lipinski definition) is 3. The number of carbonyl (C=O) groups excluding carboxylic acids is 1. The smallest absolute Gasteiger partial charge is 0.273 e. The maximum atomic E-state index is 13.1. The normalized spacial score (nSPS) is 10.3. The van der Waals surface area contributed by atoms with Crippen LogP contribution in [0.25, 0.3) is 0 Å². The van der Waals surface area contributed by atoms with Gasteiger partial charge in [0.25, 0.3) is 5.91 Å². The second kappa shape index (κ2) is 4.87. The van der Waals surface area contributed by atoms with Crippen molar-refractivity contribution in [2.24, 2.45) is 0 Å². The molecular formula is C12H13FN4O. The summed E-state index contributed by atoms with van der Waals surface area (Å²) in [6.07, 6.45) is 1.97. The second-order valence-corrected chi connectivity index (χ2v) is 3.79. The van der Waals surface area contributed by atoms with Gasteiger partial charge in [-0.25, -0.2) is 9.37 Å². The van der Waals surface area contributed by atoms with Crippen LogP contribution < -0.4 is 11.1 Å². The zero-order valence-corrected chi connectivity index (χ0v) is 9.83. The van der Waals surface area contributed by atoms with E-state index in [4.69, 9.17) is 5.73 Å². The lowest BCUT2D eigenvalue weighted by Gasteiger charge is -2.08. The lowest BCUT2D eigenvalue weighted by molar-refractivity contribution is 0.102. The SMILES string of the molecule is CCc1cc(F)ccc1NC(=O)c1cnc(N)[nH]1. The molecule has 1 aromatic carbocycles. The first-order valence-electron chi connectivity index (χ1n) is 5.50. The minimum Gasteiger partial charge on any atom is -0.369 e. The van der Waals surface area contributed by atoms with E-state index in [9.17, 15) is 9.18 Å². The van der Waals surface area contributed by atoms with Gasteiger partial charge in [-0.15, -0.1) is 0 Å². The fourth-order valence-electron chi connectivity index (χ4n) is 1.62. The monoisotopic (exact) mass is 248 g/mol. The number of imidazole rings is 1. The molecule has 0 atom stereocenters. The van der Waals surface area contributed by atoms with Gasteiger partial charge in [0.2, 0.25) is 0 Å². The quantitative estimate of drug-likeness (QED) is 0.776. The predicted octanol–water partition coefficient (Wildman–Crippen LogP) is 1.95. The molecule has 0 spiro atoms. The van der Waals surface area contributed by atoms with Crippen molar-refractivity contribution in [2.75, 3.05) is 11.1 Å². The number of aromatic amines is 1. The van der Waals surface area contributed by atoms with Crippen molar-refractivity contribution in [1.29, 1.82) is 0 Å². The molecule has 2 aromatic rings. The van der Waals surface area contributed by atoms with Gasteiger partial charge in [-0.05, 0) is 30.2 Å². The third kappa shape index (κ3) is 2.48. The standard InChI is InChI=1S/C12H13FN4O/c1-2-7-5-8(13)3-4-9(7)16-11(18)10-6-15-12(14)17-10/h3-6H,2H2,1H3,(H,16,18)(H3,14,15,17). The number of H-pyrrole nitrogens is 1. The molecule has 0 saturated heterocycles. The van der Waals surface area contributed by atoms with E-state index in [0.29, 0.717) is 12.1 Å². The Labute approximate surface area is 103 Å². The van der Waals surface area contributed by atoms with Crippen molar-refractivity contribution in [3.05, 3.63) is 41.5 Å². The Morgan fingerprint density at radius 1 is 1.56 bits per heavy atom. The average molecular weight is 248 g/mol. The number of nitrogens with zero attached hydrogens (tertiary/aromatic N) is 1. The van der Waals surface area contributed by atoms with Crippen molar-refractivity contribution in [1.82, 2.24) is 9.97 Å². The van der Waals surface area contributed by atoms with Crippen LogP contribution in [0.5, 0.6) is 0 Å². The Hall–Kier alpha value is -2.37. The molecule has 0 radical (unpaired) electrons. The van der Waals surface area contributed by atoms with E-state index in [2.05, 4.69) is 15.3 Å². The van der Waals surface area contributed by atoms with Crippen molar-refractivity contribution < 1.29 is 9.18 Å². The summed E-state index contributed by atoms with van der Waals surface area (Å²) in [5.41, 5.74) is 6.97. The zero-order valence-electron chi connectivity index (χ0n) is 9.83. The van der Waals surface area contributed by atoms with Crippen molar-refractivity contribution in [2.45, 2.75) is 13.3 Å².